The second-order valence-corrected chi connectivity index (χ2v) is 4.96. The van der Waals surface area contributed by atoms with Crippen molar-refractivity contribution >= 4 is 5.97 Å². The molecule has 112 valence electrons. The van der Waals surface area contributed by atoms with Crippen molar-refractivity contribution < 1.29 is 19.2 Å². The lowest BCUT2D eigenvalue weighted by Crippen LogP contribution is -2.09. The molecule has 6 heteroatoms. The zero-order chi connectivity index (χ0) is 15.2. The van der Waals surface area contributed by atoms with E-state index in [0.29, 0.717) is 24.6 Å². The molecule has 0 saturated carbocycles. The Balaban J connectivity index is 2.05. The van der Waals surface area contributed by atoms with Crippen molar-refractivity contribution in [1.29, 1.82) is 0 Å². The summed E-state index contributed by atoms with van der Waals surface area (Å²) in [6.45, 7) is 1.89. The van der Waals surface area contributed by atoms with Crippen LogP contribution < -0.4 is 0 Å². The van der Waals surface area contributed by atoms with Crippen LogP contribution in [0.3, 0.4) is 0 Å². The molecule has 0 spiro atoms. The molecular formula is C15H18N2O4. The summed E-state index contributed by atoms with van der Waals surface area (Å²) < 4.78 is 9.83. The van der Waals surface area contributed by atoms with E-state index < -0.39 is 0 Å². The summed E-state index contributed by atoms with van der Waals surface area (Å²) in [5.41, 5.74) is 1.58. The molecule has 1 aromatic carbocycles. The van der Waals surface area contributed by atoms with Crippen LogP contribution in [0.15, 0.2) is 28.8 Å². The Morgan fingerprint density at radius 1 is 1.48 bits per heavy atom. The smallest absolute Gasteiger partial charge is 0.305 e. The summed E-state index contributed by atoms with van der Waals surface area (Å²) in [6.07, 6.45) is 0.829. The molecular weight excluding hydrogens is 272 g/mol. The highest BCUT2D eigenvalue weighted by Gasteiger charge is 2.15. The minimum atomic E-state index is -0.252. The van der Waals surface area contributed by atoms with Crippen molar-refractivity contribution in [2.45, 2.75) is 26.4 Å². The van der Waals surface area contributed by atoms with E-state index in [-0.39, 0.29) is 18.5 Å². The lowest BCUT2D eigenvalue weighted by Gasteiger charge is -2.05. The van der Waals surface area contributed by atoms with E-state index in [9.17, 15) is 4.79 Å². The van der Waals surface area contributed by atoms with Crippen LogP contribution in [0, 0.1) is 5.92 Å². The number of aliphatic hydroxyl groups is 1. The van der Waals surface area contributed by atoms with Gasteiger partial charge in [0.1, 0.15) is 0 Å². The Labute approximate surface area is 122 Å². The number of hydrogen-bond acceptors (Lipinski definition) is 6. The van der Waals surface area contributed by atoms with Gasteiger partial charge in [-0.25, -0.2) is 0 Å². The van der Waals surface area contributed by atoms with Gasteiger partial charge in [-0.2, -0.15) is 4.98 Å². The zero-order valence-electron chi connectivity index (χ0n) is 12.1. The highest BCUT2D eigenvalue weighted by atomic mass is 16.5. The molecule has 21 heavy (non-hydrogen) atoms. The predicted molar refractivity (Wildman–Crippen MR) is 75.2 cm³/mol. The van der Waals surface area contributed by atoms with Crippen LogP contribution in [0.25, 0.3) is 11.4 Å². The lowest BCUT2D eigenvalue weighted by atomic mass is 10.0. The van der Waals surface area contributed by atoms with Crippen molar-refractivity contribution in [3.05, 3.63) is 35.7 Å². The number of benzene rings is 1. The standard InChI is InChI=1S/C15H18N2O4/c1-10(7-14(19)20-2)6-13-16-15(17-21-13)12-5-3-4-11(8-12)9-18/h3-5,8,10,18H,6-7,9H2,1-2H3. The molecule has 0 fully saturated rings. The van der Waals surface area contributed by atoms with E-state index >= 15 is 0 Å². The first-order valence-corrected chi connectivity index (χ1v) is 6.72. The second kappa shape index (κ2) is 6.99. The lowest BCUT2D eigenvalue weighted by molar-refractivity contribution is -0.141. The first-order chi connectivity index (χ1) is 10.1. The molecule has 1 heterocycles. The molecule has 0 bridgehead atoms. The van der Waals surface area contributed by atoms with E-state index in [2.05, 4.69) is 14.9 Å². The van der Waals surface area contributed by atoms with Gasteiger partial charge in [-0.15, -0.1) is 0 Å². The third-order valence-corrected chi connectivity index (χ3v) is 3.10. The highest BCUT2D eigenvalue weighted by molar-refractivity contribution is 5.69. The number of aliphatic hydroxyl groups excluding tert-OH is 1. The molecule has 1 unspecified atom stereocenters. The maximum atomic E-state index is 11.2. The number of carbonyl (C=O) groups excluding carboxylic acids is 1. The average molecular weight is 290 g/mol. The van der Waals surface area contributed by atoms with Crippen LogP contribution in [-0.4, -0.2) is 28.3 Å². The van der Waals surface area contributed by atoms with Crippen LogP contribution >= 0.6 is 0 Å². The van der Waals surface area contributed by atoms with Crippen LogP contribution in [0.1, 0.15) is 24.8 Å². The summed E-state index contributed by atoms with van der Waals surface area (Å²) in [4.78, 5) is 15.5. The fraction of sp³-hybridized carbons (Fsp3) is 0.400. The van der Waals surface area contributed by atoms with Crippen molar-refractivity contribution in [2.75, 3.05) is 7.11 Å². The van der Waals surface area contributed by atoms with Crippen molar-refractivity contribution in [3.8, 4) is 11.4 Å². The van der Waals surface area contributed by atoms with Gasteiger partial charge in [0.15, 0.2) is 0 Å². The number of rotatable bonds is 6. The SMILES string of the molecule is COC(=O)CC(C)Cc1nc(-c2cccc(CO)c2)no1. The second-order valence-electron chi connectivity index (χ2n) is 4.96. The van der Waals surface area contributed by atoms with E-state index in [1.165, 1.54) is 7.11 Å². The Kier molecular flexibility index (Phi) is 5.05. The van der Waals surface area contributed by atoms with Crippen molar-refractivity contribution in [1.82, 2.24) is 10.1 Å². The van der Waals surface area contributed by atoms with Gasteiger partial charge in [-0.1, -0.05) is 30.3 Å². The summed E-state index contributed by atoms with van der Waals surface area (Å²) >= 11 is 0. The highest BCUT2D eigenvalue weighted by Crippen LogP contribution is 2.19. The Morgan fingerprint density at radius 3 is 3.00 bits per heavy atom. The minimum Gasteiger partial charge on any atom is -0.469 e. The molecule has 0 aliphatic heterocycles. The van der Waals surface area contributed by atoms with Gasteiger partial charge in [0.05, 0.1) is 13.7 Å². The molecule has 1 N–H and O–H groups in total. The fourth-order valence-electron chi connectivity index (χ4n) is 2.00. The molecule has 2 rings (SSSR count). The molecule has 0 aliphatic rings. The molecule has 1 aromatic heterocycles. The van der Waals surface area contributed by atoms with Crippen LogP contribution in [-0.2, 0) is 22.6 Å². The first kappa shape index (κ1) is 15.2. The summed E-state index contributed by atoms with van der Waals surface area (Å²) in [5.74, 6) is 0.772. The van der Waals surface area contributed by atoms with E-state index in [4.69, 9.17) is 9.63 Å². The van der Waals surface area contributed by atoms with E-state index in [1.807, 2.05) is 31.2 Å². The minimum absolute atomic E-state index is 0.0330. The Morgan fingerprint density at radius 2 is 2.29 bits per heavy atom. The van der Waals surface area contributed by atoms with Gasteiger partial charge >= 0.3 is 5.97 Å². The molecule has 6 nitrogen and oxygen atoms in total. The average Bonchev–Trinajstić information content (AvgIpc) is 2.95. The van der Waals surface area contributed by atoms with Gasteiger partial charge in [0.2, 0.25) is 11.7 Å². The fourth-order valence-corrected chi connectivity index (χ4v) is 2.00. The van der Waals surface area contributed by atoms with E-state index in [1.54, 1.807) is 0 Å². The number of methoxy groups -OCH3 is 1. The van der Waals surface area contributed by atoms with Crippen LogP contribution in [0.4, 0.5) is 0 Å². The number of hydrogen-bond donors (Lipinski definition) is 1. The summed E-state index contributed by atoms with van der Waals surface area (Å²) in [5, 5.41) is 13.1. The normalized spacial score (nSPS) is 12.1. The molecule has 0 amide bonds. The summed E-state index contributed by atoms with van der Waals surface area (Å²) in [6, 6.07) is 7.32. The van der Waals surface area contributed by atoms with Gasteiger partial charge in [-0.05, 0) is 17.5 Å². The van der Waals surface area contributed by atoms with Crippen molar-refractivity contribution in [2.24, 2.45) is 5.92 Å². The summed E-state index contributed by atoms with van der Waals surface area (Å²) in [7, 11) is 1.37. The number of carbonyl (C=O) groups is 1. The molecule has 2 aromatic rings. The number of aromatic nitrogens is 2. The largest absolute Gasteiger partial charge is 0.469 e. The zero-order valence-corrected chi connectivity index (χ0v) is 12.1. The maximum absolute atomic E-state index is 11.2. The monoisotopic (exact) mass is 290 g/mol. The van der Waals surface area contributed by atoms with Gasteiger partial charge < -0.3 is 14.4 Å². The Hall–Kier alpha value is -2.21. The molecule has 0 radical (unpaired) electrons. The quantitative estimate of drug-likeness (QED) is 0.819. The number of esters is 1. The molecule has 0 saturated heterocycles. The van der Waals surface area contributed by atoms with Crippen LogP contribution in [0.5, 0.6) is 0 Å². The third kappa shape index (κ3) is 4.13. The topological polar surface area (TPSA) is 85.5 Å². The van der Waals surface area contributed by atoms with Gasteiger partial charge in [-0.3, -0.25) is 4.79 Å². The van der Waals surface area contributed by atoms with Crippen LogP contribution in [0.2, 0.25) is 0 Å². The van der Waals surface area contributed by atoms with Crippen molar-refractivity contribution in [3.63, 3.8) is 0 Å². The van der Waals surface area contributed by atoms with Gasteiger partial charge in [0.25, 0.3) is 0 Å². The third-order valence-electron chi connectivity index (χ3n) is 3.10. The number of nitrogens with zero attached hydrogens (tertiary/aromatic N) is 2. The van der Waals surface area contributed by atoms with E-state index in [0.717, 1.165) is 11.1 Å². The maximum Gasteiger partial charge on any atom is 0.305 e. The molecule has 0 aliphatic carbocycles. The Bertz CT molecular complexity index is 609. The first-order valence-electron chi connectivity index (χ1n) is 6.72. The van der Waals surface area contributed by atoms with Gasteiger partial charge in [0, 0.05) is 18.4 Å². The predicted octanol–water partition coefficient (Wildman–Crippen LogP) is 1.97. The number of ether oxygens (including phenoxy) is 1. The molecule has 1 atom stereocenters.